The van der Waals surface area contributed by atoms with E-state index in [1.54, 1.807) is 6.07 Å². The van der Waals surface area contributed by atoms with E-state index in [4.69, 9.17) is 11.6 Å². The van der Waals surface area contributed by atoms with Crippen LogP contribution in [0.5, 0.6) is 0 Å². The minimum absolute atomic E-state index is 0.129. The minimum Gasteiger partial charge on any atom is -0.337 e. The van der Waals surface area contributed by atoms with Crippen LogP contribution in [0.2, 0.25) is 5.02 Å². The molecular formula is C17H13ClF3N3OS. The van der Waals surface area contributed by atoms with Gasteiger partial charge < -0.3 is 4.90 Å². The van der Waals surface area contributed by atoms with Crippen molar-refractivity contribution < 1.29 is 18.0 Å². The summed E-state index contributed by atoms with van der Waals surface area (Å²) in [5.74, 6) is -0.753. The largest absolute Gasteiger partial charge is 0.434 e. The molecule has 1 aromatic carbocycles. The van der Waals surface area contributed by atoms with Crippen molar-refractivity contribution in [3.8, 4) is 5.69 Å². The average molecular weight is 400 g/mol. The first-order valence-electron chi connectivity index (χ1n) is 7.45. The van der Waals surface area contributed by atoms with E-state index in [-0.39, 0.29) is 17.3 Å². The first-order valence-corrected chi connectivity index (χ1v) is 8.77. The first kappa shape index (κ1) is 18.5. The number of carbonyl (C=O) groups excluding carboxylic acids is 1. The maximum absolute atomic E-state index is 13.7. The van der Waals surface area contributed by atoms with Gasteiger partial charge in [-0.3, -0.25) is 4.79 Å². The van der Waals surface area contributed by atoms with E-state index in [1.807, 2.05) is 16.8 Å². The molecule has 9 heteroatoms. The molecule has 0 unspecified atom stereocenters. The Hall–Kier alpha value is -2.32. The van der Waals surface area contributed by atoms with Crippen LogP contribution < -0.4 is 0 Å². The van der Waals surface area contributed by atoms with Gasteiger partial charge >= 0.3 is 6.18 Å². The van der Waals surface area contributed by atoms with Crippen molar-refractivity contribution in [3.05, 3.63) is 69.1 Å². The summed E-state index contributed by atoms with van der Waals surface area (Å²) >= 11 is 7.32. The Kier molecular flexibility index (Phi) is 5.06. The number of amides is 1. The van der Waals surface area contributed by atoms with Gasteiger partial charge in [-0.05, 0) is 40.6 Å². The fourth-order valence-electron chi connectivity index (χ4n) is 2.52. The van der Waals surface area contributed by atoms with E-state index in [2.05, 4.69) is 5.10 Å². The molecule has 2 aromatic heterocycles. The second-order valence-electron chi connectivity index (χ2n) is 5.59. The van der Waals surface area contributed by atoms with Crippen molar-refractivity contribution in [2.24, 2.45) is 0 Å². The number of aromatic nitrogens is 2. The highest BCUT2D eigenvalue weighted by Gasteiger charge is 2.41. The molecule has 1 amide bonds. The smallest absolute Gasteiger partial charge is 0.337 e. The highest BCUT2D eigenvalue weighted by atomic mass is 35.5. The molecule has 3 rings (SSSR count). The lowest BCUT2D eigenvalue weighted by Gasteiger charge is -2.18. The molecule has 3 aromatic rings. The number of hydrogen-bond acceptors (Lipinski definition) is 3. The molecule has 2 heterocycles. The van der Waals surface area contributed by atoms with Crippen molar-refractivity contribution in [1.29, 1.82) is 0 Å². The van der Waals surface area contributed by atoms with Crippen LogP contribution in [0.3, 0.4) is 0 Å². The number of nitrogens with zero attached hydrogens (tertiary/aromatic N) is 3. The molecule has 26 heavy (non-hydrogen) atoms. The van der Waals surface area contributed by atoms with E-state index in [0.717, 1.165) is 11.8 Å². The lowest BCUT2D eigenvalue weighted by atomic mass is 10.2. The molecule has 0 atom stereocenters. The number of alkyl halides is 3. The molecular weight excluding hydrogens is 387 g/mol. The molecule has 0 N–H and O–H groups in total. The van der Waals surface area contributed by atoms with Crippen LogP contribution in [0.4, 0.5) is 13.2 Å². The van der Waals surface area contributed by atoms with Crippen molar-refractivity contribution in [1.82, 2.24) is 14.7 Å². The molecule has 0 bridgehead atoms. The number of benzene rings is 1. The van der Waals surface area contributed by atoms with E-state index in [1.165, 1.54) is 41.5 Å². The number of halogens is 4. The van der Waals surface area contributed by atoms with Gasteiger partial charge in [0.15, 0.2) is 5.69 Å². The Morgan fingerprint density at radius 2 is 2.12 bits per heavy atom. The Labute approximate surface area is 156 Å². The van der Waals surface area contributed by atoms with Gasteiger partial charge in [0, 0.05) is 18.6 Å². The van der Waals surface area contributed by atoms with Crippen molar-refractivity contribution >= 4 is 28.8 Å². The molecule has 0 aliphatic heterocycles. The van der Waals surface area contributed by atoms with Crippen LogP contribution in [0, 0.1) is 0 Å². The lowest BCUT2D eigenvalue weighted by molar-refractivity contribution is -0.143. The monoisotopic (exact) mass is 399 g/mol. The van der Waals surface area contributed by atoms with Gasteiger partial charge in [-0.2, -0.15) is 29.6 Å². The topological polar surface area (TPSA) is 38.1 Å². The molecule has 0 saturated carbocycles. The van der Waals surface area contributed by atoms with Gasteiger partial charge in [0.05, 0.1) is 17.4 Å². The van der Waals surface area contributed by atoms with Gasteiger partial charge in [-0.25, -0.2) is 4.68 Å². The second kappa shape index (κ2) is 7.13. The minimum atomic E-state index is -4.76. The van der Waals surface area contributed by atoms with Crippen LogP contribution in [0.15, 0.2) is 47.3 Å². The number of rotatable bonds is 4. The highest BCUT2D eigenvalue weighted by Crippen LogP contribution is 2.34. The third kappa shape index (κ3) is 3.76. The number of carbonyl (C=O) groups is 1. The van der Waals surface area contributed by atoms with E-state index in [0.29, 0.717) is 4.68 Å². The van der Waals surface area contributed by atoms with Crippen LogP contribution in [-0.2, 0) is 12.7 Å². The molecule has 0 aliphatic rings. The standard InChI is InChI=1S/C17H13ClF3N3OS/c1-23(9-11-5-6-26-10-11)16(25)14-8-22-24(15(14)17(19,20)21)13-4-2-3-12(18)7-13/h2-8,10H,9H2,1H3. The summed E-state index contributed by atoms with van der Waals surface area (Å²) in [6.45, 7) is 0.210. The number of thiophene rings is 1. The fourth-order valence-corrected chi connectivity index (χ4v) is 3.36. The Morgan fingerprint density at radius 3 is 2.73 bits per heavy atom. The normalized spacial score (nSPS) is 11.6. The number of hydrogen-bond donors (Lipinski definition) is 0. The van der Waals surface area contributed by atoms with Crippen molar-refractivity contribution in [2.45, 2.75) is 12.7 Å². The molecule has 0 fully saturated rings. The van der Waals surface area contributed by atoms with Gasteiger partial charge in [-0.1, -0.05) is 17.7 Å². The van der Waals surface area contributed by atoms with E-state index < -0.39 is 23.3 Å². The quantitative estimate of drug-likeness (QED) is 0.627. The Balaban J connectivity index is 2.01. The summed E-state index contributed by atoms with van der Waals surface area (Å²) in [6, 6.07) is 7.67. The van der Waals surface area contributed by atoms with Crippen LogP contribution in [0.1, 0.15) is 21.6 Å². The van der Waals surface area contributed by atoms with Crippen LogP contribution in [-0.4, -0.2) is 27.6 Å². The zero-order valence-electron chi connectivity index (χ0n) is 13.5. The lowest BCUT2D eigenvalue weighted by Crippen LogP contribution is -2.28. The zero-order valence-corrected chi connectivity index (χ0v) is 15.1. The maximum atomic E-state index is 13.7. The Bertz CT molecular complexity index is 922. The summed E-state index contributed by atoms with van der Waals surface area (Å²) in [7, 11) is 1.46. The predicted molar refractivity (Wildman–Crippen MR) is 93.7 cm³/mol. The second-order valence-corrected chi connectivity index (χ2v) is 6.81. The summed E-state index contributed by atoms with van der Waals surface area (Å²) in [5.41, 5.74) is -0.650. The summed E-state index contributed by atoms with van der Waals surface area (Å²) in [6.07, 6.45) is -3.82. The van der Waals surface area contributed by atoms with Gasteiger partial charge in [0.25, 0.3) is 5.91 Å². The summed E-state index contributed by atoms with van der Waals surface area (Å²) < 4.78 is 41.7. The van der Waals surface area contributed by atoms with Crippen molar-refractivity contribution in [2.75, 3.05) is 7.05 Å². The summed E-state index contributed by atoms with van der Waals surface area (Å²) in [4.78, 5) is 13.8. The van der Waals surface area contributed by atoms with Crippen molar-refractivity contribution in [3.63, 3.8) is 0 Å². The third-order valence-electron chi connectivity index (χ3n) is 3.67. The molecule has 0 spiro atoms. The zero-order chi connectivity index (χ0) is 18.9. The molecule has 136 valence electrons. The van der Waals surface area contributed by atoms with Crippen LogP contribution in [0.25, 0.3) is 5.69 Å². The third-order valence-corrected chi connectivity index (χ3v) is 4.63. The predicted octanol–water partition coefficient (Wildman–Crippen LogP) is 4.88. The Morgan fingerprint density at radius 1 is 1.35 bits per heavy atom. The molecule has 0 saturated heterocycles. The first-order chi connectivity index (χ1) is 12.3. The SMILES string of the molecule is CN(Cc1ccsc1)C(=O)c1cnn(-c2cccc(Cl)c2)c1C(F)(F)F. The van der Waals surface area contributed by atoms with Gasteiger partial charge in [0.2, 0.25) is 0 Å². The highest BCUT2D eigenvalue weighted by molar-refractivity contribution is 7.07. The molecule has 0 radical (unpaired) electrons. The van der Waals surface area contributed by atoms with E-state index in [9.17, 15) is 18.0 Å². The molecule has 4 nitrogen and oxygen atoms in total. The maximum Gasteiger partial charge on any atom is 0.434 e. The van der Waals surface area contributed by atoms with E-state index >= 15 is 0 Å². The average Bonchev–Trinajstić information content (AvgIpc) is 3.22. The van der Waals surface area contributed by atoms with Gasteiger partial charge in [0.1, 0.15) is 0 Å². The van der Waals surface area contributed by atoms with Gasteiger partial charge in [-0.15, -0.1) is 0 Å². The molecule has 0 aliphatic carbocycles. The summed E-state index contributed by atoms with van der Waals surface area (Å²) in [5, 5.41) is 7.74. The fraction of sp³-hybridized carbons (Fsp3) is 0.176. The van der Waals surface area contributed by atoms with Crippen LogP contribution >= 0.6 is 22.9 Å².